The summed E-state index contributed by atoms with van der Waals surface area (Å²) in [7, 11) is -3.91. The zero-order valence-corrected chi connectivity index (χ0v) is 26.5. The Kier molecular flexibility index (Phi) is 10.2. The van der Waals surface area contributed by atoms with Crippen molar-refractivity contribution in [2.24, 2.45) is 0 Å². The quantitative estimate of drug-likeness (QED) is 0.327. The van der Waals surface area contributed by atoms with Crippen LogP contribution in [0.25, 0.3) is 0 Å². The molecule has 11 heteroatoms. The number of anilines is 1. The first-order chi connectivity index (χ1) is 20.4. The molecular formula is C32H38ClN3O6S. The Morgan fingerprint density at radius 2 is 1.60 bits per heavy atom. The van der Waals surface area contributed by atoms with Crippen LogP contribution >= 0.6 is 11.6 Å². The van der Waals surface area contributed by atoms with Crippen LogP contribution in [0.15, 0.2) is 72.8 Å². The van der Waals surface area contributed by atoms with Crippen LogP contribution in [0.2, 0.25) is 5.02 Å². The number of fused-ring (bicyclic) bond motifs is 1. The van der Waals surface area contributed by atoms with Crippen LogP contribution in [-0.4, -0.2) is 62.2 Å². The van der Waals surface area contributed by atoms with Crippen LogP contribution in [0.5, 0.6) is 11.5 Å². The Morgan fingerprint density at radius 3 is 2.26 bits per heavy atom. The normalized spacial score (nSPS) is 13.6. The zero-order valence-electron chi connectivity index (χ0n) is 24.9. The summed E-state index contributed by atoms with van der Waals surface area (Å²) in [5.74, 6) is -0.233. The van der Waals surface area contributed by atoms with Gasteiger partial charge in [0.25, 0.3) is 0 Å². The molecule has 9 nitrogen and oxygen atoms in total. The molecule has 1 atom stereocenters. The van der Waals surface area contributed by atoms with Gasteiger partial charge in [0.05, 0.1) is 11.4 Å². The third-order valence-electron chi connectivity index (χ3n) is 6.80. The van der Waals surface area contributed by atoms with Gasteiger partial charge in [-0.3, -0.25) is 13.9 Å². The molecule has 2 amide bonds. The second-order valence-electron chi connectivity index (χ2n) is 11.3. The summed E-state index contributed by atoms with van der Waals surface area (Å²) < 4.78 is 39.1. The lowest BCUT2D eigenvalue weighted by Crippen LogP contribution is -2.56. The number of rotatable bonds is 11. The summed E-state index contributed by atoms with van der Waals surface area (Å²) in [5.41, 5.74) is 1.25. The average Bonchev–Trinajstić information content (AvgIpc) is 2.97. The first kappa shape index (κ1) is 32.2. The van der Waals surface area contributed by atoms with Crippen LogP contribution in [0, 0.1) is 0 Å². The van der Waals surface area contributed by atoms with Gasteiger partial charge in [-0.05, 0) is 63.1 Å². The molecule has 1 aliphatic rings. The van der Waals surface area contributed by atoms with Crippen molar-refractivity contribution in [3.63, 3.8) is 0 Å². The summed E-state index contributed by atoms with van der Waals surface area (Å²) in [4.78, 5) is 29.6. The van der Waals surface area contributed by atoms with E-state index in [-0.39, 0.29) is 30.3 Å². The predicted octanol–water partition coefficient (Wildman–Crippen LogP) is 4.82. The summed E-state index contributed by atoms with van der Waals surface area (Å²) >= 11 is 6.28. The maximum absolute atomic E-state index is 14.3. The molecule has 0 saturated heterocycles. The lowest BCUT2D eigenvalue weighted by molar-refractivity contribution is -0.140. The fraction of sp³-hybridized carbons (Fsp3) is 0.375. The van der Waals surface area contributed by atoms with Crippen molar-refractivity contribution in [3.05, 3.63) is 88.9 Å². The number of sulfonamides is 1. The maximum Gasteiger partial charge on any atom is 0.244 e. The Morgan fingerprint density at radius 1 is 0.930 bits per heavy atom. The van der Waals surface area contributed by atoms with Gasteiger partial charge in [0.2, 0.25) is 21.8 Å². The average molecular weight is 628 g/mol. The van der Waals surface area contributed by atoms with E-state index in [4.69, 9.17) is 21.1 Å². The number of nitrogens with one attached hydrogen (secondary N) is 1. The topological polar surface area (TPSA) is 105 Å². The van der Waals surface area contributed by atoms with E-state index in [9.17, 15) is 18.0 Å². The highest BCUT2D eigenvalue weighted by molar-refractivity contribution is 7.92. The van der Waals surface area contributed by atoms with Gasteiger partial charge in [0.15, 0.2) is 11.5 Å². The maximum atomic E-state index is 14.3. The largest absolute Gasteiger partial charge is 0.486 e. The van der Waals surface area contributed by atoms with Crippen LogP contribution in [0.1, 0.15) is 38.8 Å². The Balaban J connectivity index is 1.76. The zero-order chi connectivity index (χ0) is 31.2. The highest BCUT2D eigenvalue weighted by atomic mass is 35.5. The monoisotopic (exact) mass is 627 g/mol. The standard InChI is InChI=1S/C32H38ClN3O6S/c1-5-43(39,40)36(26-14-15-28-29(20-26)42-17-16-41-28)22-30(37)35(21-24-12-9-13-25(33)18-24)27(31(38)34-32(2,3)4)19-23-10-7-6-8-11-23/h6-15,18,20,27H,5,16-17,19,21-22H2,1-4H3,(H,34,38)/t27-/m0/s1. The van der Waals surface area contributed by atoms with Crippen molar-refractivity contribution in [2.75, 3.05) is 29.8 Å². The van der Waals surface area contributed by atoms with Gasteiger partial charge in [-0.1, -0.05) is 54.1 Å². The van der Waals surface area contributed by atoms with Crippen molar-refractivity contribution in [2.45, 2.75) is 52.2 Å². The molecule has 1 heterocycles. The Bertz CT molecular complexity index is 1540. The molecule has 0 saturated carbocycles. The highest BCUT2D eigenvalue weighted by Gasteiger charge is 2.35. The van der Waals surface area contributed by atoms with Crippen LogP contribution < -0.4 is 19.1 Å². The molecule has 0 radical (unpaired) electrons. The number of ether oxygens (including phenoxy) is 2. The van der Waals surface area contributed by atoms with Crippen molar-refractivity contribution in [3.8, 4) is 11.5 Å². The second-order valence-corrected chi connectivity index (χ2v) is 13.9. The van der Waals surface area contributed by atoms with E-state index in [1.165, 1.54) is 11.8 Å². The van der Waals surface area contributed by atoms with Crippen LogP contribution in [0.4, 0.5) is 5.69 Å². The van der Waals surface area contributed by atoms with Gasteiger partial charge in [0.1, 0.15) is 25.8 Å². The molecule has 0 unspecified atom stereocenters. The van der Waals surface area contributed by atoms with E-state index in [0.717, 1.165) is 9.87 Å². The lowest BCUT2D eigenvalue weighted by atomic mass is 10.0. The van der Waals surface area contributed by atoms with E-state index in [2.05, 4.69) is 5.32 Å². The highest BCUT2D eigenvalue weighted by Crippen LogP contribution is 2.35. The van der Waals surface area contributed by atoms with E-state index < -0.39 is 34.1 Å². The van der Waals surface area contributed by atoms with Crippen molar-refractivity contribution in [1.82, 2.24) is 10.2 Å². The van der Waals surface area contributed by atoms with Gasteiger partial charge in [-0.2, -0.15) is 0 Å². The summed E-state index contributed by atoms with van der Waals surface area (Å²) in [5, 5.41) is 3.49. The van der Waals surface area contributed by atoms with E-state index in [1.54, 1.807) is 36.4 Å². The smallest absolute Gasteiger partial charge is 0.244 e. The minimum absolute atomic E-state index is 0.0373. The minimum Gasteiger partial charge on any atom is -0.486 e. The predicted molar refractivity (Wildman–Crippen MR) is 168 cm³/mol. The molecule has 0 aromatic heterocycles. The first-order valence-electron chi connectivity index (χ1n) is 14.2. The first-order valence-corrected chi connectivity index (χ1v) is 16.1. The number of carbonyl (C=O) groups is 2. The molecule has 1 N–H and O–H groups in total. The summed E-state index contributed by atoms with van der Waals surface area (Å²) in [6.07, 6.45) is 0.222. The lowest BCUT2D eigenvalue weighted by Gasteiger charge is -2.35. The molecule has 230 valence electrons. The van der Waals surface area contributed by atoms with Crippen molar-refractivity contribution in [1.29, 1.82) is 0 Å². The number of hydrogen-bond donors (Lipinski definition) is 1. The van der Waals surface area contributed by atoms with Crippen LogP contribution in [-0.2, 0) is 32.6 Å². The van der Waals surface area contributed by atoms with Gasteiger partial charge in [0, 0.05) is 29.6 Å². The number of benzene rings is 3. The number of nitrogens with zero attached hydrogens (tertiary/aromatic N) is 2. The summed E-state index contributed by atoms with van der Waals surface area (Å²) in [6.45, 7) is 7.35. The van der Waals surface area contributed by atoms with Gasteiger partial charge in [-0.15, -0.1) is 0 Å². The van der Waals surface area contributed by atoms with E-state index in [0.29, 0.717) is 35.3 Å². The minimum atomic E-state index is -3.91. The molecule has 1 aliphatic heterocycles. The third-order valence-corrected chi connectivity index (χ3v) is 8.78. The van der Waals surface area contributed by atoms with Gasteiger partial charge in [-0.25, -0.2) is 8.42 Å². The number of carbonyl (C=O) groups excluding carboxylic acids is 2. The summed E-state index contributed by atoms with van der Waals surface area (Å²) in [6, 6.07) is 20.3. The number of amides is 2. The van der Waals surface area contributed by atoms with Gasteiger partial charge < -0.3 is 19.7 Å². The van der Waals surface area contributed by atoms with E-state index in [1.807, 2.05) is 57.2 Å². The van der Waals surface area contributed by atoms with Gasteiger partial charge >= 0.3 is 0 Å². The number of hydrogen-bond acceptors (Lipinski definition) is 6. The van der Waals surface area contributed by atoms with E-state index >= 15 is 0 Å². The second kappa shape index (κ2) is 13.7. The van der Waals surface area contributed by atoms with Crippen molar-refractivity contribution < 1.29 is 27.5 Å². The third kappa shape index (κ3) is 8.64. The molecule has 3 aromatic carbocycles. The molecule has 4 rings (SSSR count). The molecule has 0 fully saturated rings. The molecule has 0 spiro atoms. The molecule has 0 aliphatic carbocycles. The molecular weight excluding hydrogens is 590 g/mol. The fourth-order valence-corrected chi connectivity index (χ4v) is 6.01. The molecule has 0 bridgehead atoms. The van der Waals surface area contributed by atoms with Crippen molar-refractivity contribution >= 4 is 39.1 Å². The molecule has 43 heavy (non-hydrogen) atoms. The fourth-order valence-electron chi connectivity index (χ4n) is 4.75. The molecule has 3 aromatic rings. The number of halogens is 1. The Labute approximate surface area is 258 Å². The Hall–Kier alpha value is -3.76. The van der Waals surface area contributed by atoms with Crippen LogP contribution in [0.3, 0.4) is 0 Å². The SMILES string of the molecule is CCS(=O)(=O)N(CC(=O)N(Cc1cccc(Cl)c1)[C@@H](Cc1ccccc1)C(=O)NC(C)(C)C)c1ccc2c(c1)OCCO2.